The third kappa shape index (κ3) is 6.34. The van der Waals surface area contributed by atoms with Crippen LogP contribution in [0.1, 0.15) is 23.9 Å². The van der Waals surface area contributed by atoms with Crippen LogP contribution in [0.15, 0.2) is 53.7 Å². The number of nitrogens with zero attached hydrogens (tertiary/aromatic N) is 3. The van der Waals surface area contributed by atoms with Crippen molar-refractivity contribution in [2.45, 2.75) is 38.5 Å². The highest BCUT2D eigenvalue weighted by Gasteiger charge is 2.14. The van der Waals surface area contributed by atoms with Crippen molar-refractivity contribution in [3.8, 4) is 5.75 Å². The number of anilines is 1. The first-order chi connectivity index (χ1) is 15.5. The molecular formula is C23H27N5O3S. The molecular weight excluding hydrogens is 426 g/mol. The highest BCUT2D eigenvalue weighted by Crippen LogP contribution is 2.19. The van der Waals surface area contributed by atoms with Crippen LogP contribution in [0.25, 0.3) is 0 Å². The Labute approximate surface area is 191 Å². The number of aryl methyl sites for hydroxylation is 1. The lowest BCUT2D eigenvalue weighted by Crippen LogP contribution is -2.26. The van der Waals surface area contributed by atoms with Gasteiger partial charge in [-0.1, -0.05) is 42.1 Å². The first-order valence-electron chi connectivity index (χ1n) is 10.3. The summed E-state index contributed by atoms with van der Waals surface area (Å²) < 4.78 is 7.03. The van der Waals surface area contributed by atoms with Crippen LogP contribution in [0.5, 0.6) is 5.75 Å². The Morgan fingerprint density at radius 3 is 2.50 bits per heavy atom. The van der Waals surface area contributed by atoms with E-state index in [0.717, 1.165) is 22.6 Å². The highest BCUT2D eigenvalue weighted by molar-refractivity contribution is 7.99. The Kier molecular flexibility index (Phi) is 8.27. The van der Waals surface area contributed by atoms with Gasteiger partial charge in [0.15, 0.2) is 11.0 Å². The van der Waals surface area contributed by atoms with Gasteiger partial charge in [-0.05, 0) is 43.2 Å². The van der Waals surface area contributed by atoms with Crippen LogP contribution in [-0.2, 0) is 29.1 Å². The number of carbonyl (C=O) groups excluding carboxylic acids is 2. The molecule has 0 fully saturated rings. The van der Waals surface area contributed by atoms with Crippen molar-refractivity contribution in [1.82, 2.24) is 20.1 Å². The molecule has 0 saturated heterocycles. The summed E-state index contributed by atoms with van der Waals surface area (Å²) in [5, 5.41) is 14.8. The van der Waals surface area contributed by atoms with Gasteiger partial charge in [0.1, 0.15) is 5.75 Å². The van der Waals surface area contributed by atoms with Crippen molar-refractivity contribution in [2.24, 2.45) is 0 Å². The topological polar surface area (TPSA) is 98.1 Å². The number of ether oxygens (including phenoxy) is 1. The number of methoxy groups -OCH3 is 1. The number of rotatable bonds is 10. The van der Waals surface area contributed by atoms with Crippen molar-refractivity contribution in [2.75, 3.05) is 18.2 Å². The molecule has 0 unspecified atom stereocenters. The molecule has 0 spiro atoms. The average molecular weight is 454 g/mol. The average Bonchev–Trinajstić information content (AvgIpc) is 3.20. The molecule has 0 saturated carbocycles. The molecule has 0 bridgehead atoms. The second-order valence-corrected chi connectivity index (χ2v) is 8.04. The van der Waals surface area contributed by atoms with Gasteiger partial charge in [0.05, 0.1) is 25.8 Å². The zero-order valence-corrected chi connectivity index (χ0v) is 19.2. The summed E-state index contributed by atoms with van der Waals surface area (Å²) in [4.78, 5) is 24.6. The van der Waals surface area contributed by atoms with Crippen molar-refractivity contribution in [3.63, 3.8) is 0 Å². The minimum atomic E-state index is -0.107. The number of hydrogen-bond acceptors (Lipinski definition) is 6. The number of hydrogen-bond donors (Lipinski definition) is 2. The molecule has 0 radical (unpaired) electrons. The number of amides is 2. The van der Waals surface area contributed by atoms with E-state index in [9.17, 15) is 9.59 Å². The Bertz CT molecular complexity index is 1070. The van der Waals surface area contributed by atoms with Gasteiger partial charge in [-0.15, -0.1) is 10.2 Å². The molecule has 0 atom stereocenters. The van der Waals surface area contributed by atoms with Crippen LogP contribution in [0.4, 0.5) is 5.69 Å². The first-order valence-corrected chi connectivity index (χ1v) is 11.3. The lowest BCUT2D eigenvalue weighted by molar-refractivity contribution is -0.120. The Morgan fingerprint density at radius 2 is 1.81 bits per heavy atom. The van der Waals surface area contributed by atoms with E-state index in [4.69, 9.17) is 4.74 Å². The van der Waals surface area contributed by atoms with Crippen molar-refractivity contribution in [1.29, 1.82) is 0 Å². The van der Waals surface area contributed by atoms with Crippen molar-refractivity contribution in [3.05, 3.63) is 65.5 Å². The molecule has 0 aliphatic heterocycles. The summed E-state index contributed by atoms with van der Waals surface area (Å²) in [5.41, 5.74) is 2.71. The second kappa shape index (κ2) is 11.3. The number of aromatic nitrogens is 3. The molecule has 32 heavy (non-hydrogen) atoms. The molecule has 0 aliphatic rings. The molecule has 1 aromatic heterocycles. The maximum atomic E-state index is 12.3. The lowest BCUT2D eigenvalue weighted by Gasteiger charge is -2.10. The number of carbonyl (C=O) groups is 2. The van der Waals surface area contributed by atoms with Gasteiger partial charge in [-0.3, -0.25) is 9.59 Å². The van der Waals surface area contributed by atoms with E-state index in [-0.39, 0.29) is 30.5 Å². The number of thioether (sulfide) groups is 1. The third-order valence-corrected chi connectivity index (χ3v) is 5.80. The molecule has 9 heteroatoms. The minimum absolute atomic E-state index is 0.104. The van der Waals surface area contributed by atoms with Crippen molar-refractivity contribution >= 4 is 29.3 Å². The smallest absolute Gasteiger partial charge is 0.234 e. The van der Waals surface area contributed by atoms with E-state index in [0.29, 0.717) is 17.5 Å². The standard InChI is InChI=1S/C23H27N5O3S/c1-4-28-20(14-24-21(29)13-17-9-11-18(31-3)12-10-17)26-27-23(28)32-15-22(30)25-19-8-6-5-7-16(19)2/h5-12H,4,13-15H2,1-3H3,(H,24,29)(H,25,30). The molecule has 8 nitrogen and oxygen atoms in total. The lowest BCUT2D eigenvalue weighted by atomic mass is 10.1. The van der Waals surface area contributed by atoms with E-state index in [2.05, 4.69) is 20.8 Å². The quantitative estimate of drug-likeness (QED) is 0.458. The van der Waals surface area contributed by atoms with Crippen LogP contribution in [0.3, 0.4) is 0 Å². The summed E-state index contributed by atoms with van der Waals surface area (Å²) in [7, 11) is 1.61. The Hall–Kier alpha value is -3.33. The minimum Gasteiger partial charge on any atom is -0.497 e. The van der Waals surface area contributed by atoms with Gasteiger partial charge in [-0.25, -0.2) is 0 Å². The summed E-state index contributed by atoms with van der Waals surface area (Å²) in [6.45, 7) is 4.83. The maximum absolute atomic E-state index is 12.3. The number of para-hydroxylation sites is 1. The summed E-state index contributed by atoms with van der Waals surface area (Å²) in [5.74, 6) is 1.41. The molecule has 0 aliphatic carbocycles. The molecule has 2 aromatic carbocycles. The van der Waals surface area contributed by atoms with Gasteiger partial charge >= 0.3 is 0 Å². The largest absolute Gasteiger partial charge is 0.497 e. The van der Waals surface area contributed by atoms with Crippen LogP contribution in [0.2, 0.25) is 0 Å². The predicted molar refractivity (Wildman–Crippen MR) is 125 cm³/mol. The van der Waals surface area contributed by atoms with E-state index >= 15 is 0 Å². The first kappa shape index (κ1) is 23.3. The van der Waals surface area contributed by atoms with Gasteiger partial charge in [0.25, 0.3) is 0 Å². The van der Waals surface area contributed by atoms with Crippen LogP contribution >= 0.6 is 11.8 Å². The van der Waals surface area contributed by atoms with Crippen LogP contribution < -0.4 is 15.4 Å². The predicted octanol–water partition coefficient (Wildman–Crippen LogP) is 3.20. The third-order valence-electron chi connectivity index (χ3n) is 4.83. The van der Waals surface area contributed by atoms with Gasteiger partial charge in [0, 0.05) is 12.2 Å². The summed E-state index contributed by atoms with van der Waals surface area (Å²) >= 11 is 1.32. The molecule has 3 aromatic rings. The fourth-order valence-corrected chi connectivity index (χ4v) is 3.89. The van der Waals surface area contributed by atoms with E-state index < -0.39 is 0 Å². The number of benzene rings is 2. The van der Waals surface area contributed by atoms with Gasteiger partial charge in [0.2, 0.25) is 11.8 Å². The van der Waals surface area contributed by atoms with Gasteiger partial charge < -0.3 is 19.9 Å². The molecule has 1 heterocycles. The Balaban J connectivity index is 1.51. The second-order valence-electron chi connectivity index (χ2n) is 7.10. The summed E-state index contributed by atoms with van der Waals surface area (Å²) in [6.07, 6.45) is 0.269. The van der Waals surface area contributed by atoms with Crippen molar-refractivity contribution < 1.29 is 14.3 Å². The van der Waals surface area contributed by atoms with E-state index in [1.54, 1.807) is 7.11 Å². The SMILES string of the molecule is CCn1c(CNC(=O)Cc2ccc(OC)cc2)nnc1SCC(=O)Nc1ccccc1C. The molecule has 168 valence electrons. The Morgan fingerprint density at radius 1 is 1.06 bits per heavy atom. The number of nitrogens with one attached hydrogen (secondary N) is 2. The molecule has 2 N–H and O–H groups in total. The van der Waals surface area contributed by atoms with Gasteiger partial charge in [-0.2, -0.15) is 0 Å². The summed E-state index contributed by atoms with van der Waals surface area (Å²) in [6, 6.07) is 15.0. The fourth-order valence-electron chi connectivity index (χ4n) is 3.07. The zero-order valence-electron chi connectivity index (χ0n) is 18.4. The normalized spacial score (nSPS) is 10.6. The highest BCUT2D eigenvalue weighted by atomic mass is 32.2. The van der Waals surface area contributed by atoms with E-state index in [1.165, 1.54) is 11.8 Å². The van der Waals surface area contributed by atoms with Crippen LogP contribution in [0, 0.1) is 6.92 Å². The monoisotopic (exact) mass is 453 g/mol. The fraction of sp³-hybridized carbons (Fsp3) is 0.304. The van der Waals surface area contributed by atoms with Crippen LogP contribution in [-0.4, -0.2) is 39.4 Å². The molecule has 3 rings (SSSR count). The zero-order chi connectivity index (χ0) is 22.9. The molecule has 2 amide bonds. The maximum Gasteiger partial charge on any atom is 0.234 e. The van der Waals surface area contributed by atoms with E-state index in [1.807, 2.05) is 66.9 Å².